The van der Waals surface area contributed by atoms with Crippen LogP contribution in [0.15, 0.2) is 53.3 Å². The maximum atomic E-state index is 14.3. The van der Waals surface area contributed by atoms with E-state index in [1.807, 2.05) is 0 Å². The van der Waals surface area contributed by atoms with Crippen LogP contribution in [-0.4, -0.2) is 74.4 Å². The lowest BCUT2D eigenvalue weighted by Crippen LogP contribution is -2.72. The Hall–Kier alpha value is -4.48. The molecule has 1 saturated carbocycles. The van der Waals surface area contributed by atoms with Crippen molar-refractivity contribution in [2.75, 3.05) is 14.1 Å². The lowest BCUT2D eigenvalue weighted by atomic mass is 9.46. The minimum absolute atomic E-state index is 0.0239. The van der Waals surface area contributed by atoms with Gasteiger partial charge in [0.05, 0.1) is 11.6 Å². The van der Waals surface area contributed by atoms with Crippen LogP contribution in [0.1, 0.15) is 41.8 Å². The number of hydrogen-bond acceptors (Lipinski definition) is 9. The number of Topliss-reactive ketones (excluding diaryl/α,β-unsaturated/α-hetero) is 2. The molecule has 2 amide bonds. The molecule has 3 aliphatic rings. The number of nitrogens with zero attached hydrogens (tertiary/aromatic N) is 1. The number of rotatable bonds is 4. The molecule has 0 bridgehead atoms. The third-order valence-electron chi connectivity index (χ3n) is 9.00. The van der Waals surface area contributed by atoms with Crippen LogP contribution in [0.25, 0.3) is 16.9 Å². The Morgan fingerprint density at radius 2 is 1.56 bits per heavy atom. The number of carbonyl (C=O) groups is 4. The van der Waals surface area contributed by atoms with Crippen molar-refractivity contribution >= 4 is 29.1 Å². The van der Waals surface area contributed by atoms with E-state index in [1.54, 1.807) is 51.4 Å². The van der Waals surface area contributed by atoms with Gasteiger partial charge in [-0.1, -0.05) is 32.0 Å². The van der Waals surface area contributed by atoms with Crippen LogP contribution in [0.3, 0.4) is 0 Å². The highest BCUT2D eigenvalue weighted by atomic mass is 16.3. The van der Waals surface area contributed by atoms with Crippen LogP contribution in [0.2, 0.25) is 0 Å². The summed E-state index contributed by atoms with van der Waals surface area (Å²) in [5.74, 6) is -5.88. The molecule has 0 aromatic heterocycles. The molecule has 5 rings (SSSR count). The summed E-state index contributed by atoms with van der Waals surface area (Å²) in [7, 11) is 3.10. The summed E-state index contributed by atoms with van der Waals surface area (Å²) in [4.78, 5) is 53.1. The second-order valence-electron chi connectivity index (χ2n) is 11.8. The third-order valence-corrected chi connectivity index (χ3v) is 9.00. The number of aliphatic hydroxyl groups is 3. The molecule has 0 radical (unpaired) electrons. The second kappa shape index (κ2) is 8.76. The van der Waals surface area contributed by atoms with Gasteiger partial charge in [-0.25, -0.2) is 0 Å². The van der Waals surface area contributed by atoms with Crippen LogP contribution in [0.5, 0.6) is 5.75 Å². The first-order chi connectivity index (χ1) is 19.0. The van der Waals surface area contributed by atoms with Gasteiger partial charge in [0, 0.05) is 22.0 Å². The normalized spacial score (nSPS) is 29.3. The first kappa shape index (κ1) is 28.1. The largest absolute Gasteiger partial charge is 0.508 e. The SMILES string of the molecule is CN(C)[C@@H]1C(=O)C(C(N)=O)=C(O)[C@@]2(O)C(=O)C3=C(O)c4c(O)ccc(-c5ccc(C(N)=O)cc5)c4C[C@@]3(C)C[C@@]12C. The molecular weight excluding hydrogens is 530 g/mol. The minimum Gasteiger partial charge on any atom is -0.508 e. The van der Waals surface area contributed by atoms with Crippen molar-refractivity contribution in [3.05, 3.63) is 70.0 Å². The molecule has 0 heterocycles. The maximum Gasteiger partial charge on any atom is 0.255 e. The molecule has 3 aliphatic carbocycles. The highest BCUT2D eigenvalue weighted by Crippen LogP contribution is 2.63. The topological polar surface area (TPSA) is 204 Å². The first-order valence-corrected chi connectivity index (χ1v) is 12.9. The van der Waals surface area contributed by atoms with Gasteiger partial charge in [-0.3, -0.25) is 24.1 Å². The number of phenols is 1. The lowest BCUT2D eigenvalue weighted by molar-refractivity contribution is -0.175. The molecule has 11 heteroatoms. The lowest BCUT2D eigenvalue weighted by Gasteiger charge is -2.59. The molecule has 0 saturated heterocycles. The molecular formula is C30H31N3O8. The molecule has 0 spiro atoms. The van der Waals surface area contributed by atoms with Crippen LogP contribution >= 0.6 is 0 Å². The van der Waals surface area contributed by atoms with Gasteiger partial charge < -0.3 is 31.9 Å². The Labute approximate surface area is 235 Å². The Balaban J connectivity index is 1.79. The van der Waals surface area contributed by atoms with Crippen LogP contribution < -0.4 is 11.5 Å². The average Bonchev–Trinajstić information content (AvgIpc) is 2.86. The van der Waals surface area contributed by atoms with Crippen molar-refractivity contribution in [2.24, 2.45) is 22.3 Å². The summed E-state index contributed by atoms with van der Waals surface area (Å²) in [5, 5.41) is 45.6. The summed E-state index contributed by atoms with van der Waals surface area (Å²) in [6.07, 6.45) is 0.0173. The molecule has 1 fully saturated rings. The Morgan fingerprint density at radius 1 is 0.951 bits per heavy atom. The van der Waals surface area contributed by atoms with Crippen molar-refractivity contribution in [3.8, 4) is 16.9 Å². The molecule has 8 N–H and O–H groups in total. The van der Waals surface area contributed by atoms with Crippen LogP contribution in [-0.2, 0) is 20.8 Å². The number of primary amides is 2. The summed E-state index contributed by atoms with van der Waals surface area (Å²) in [5.41, 5.74) is 6.07. The monoisotopic (exact) mass is 561 g/mol. The molecule has 0 unspecified atom stereocenters. The fraction of sp³-hybridized carbons (Fsp3) is 0.333. The van der Waals surface area contributed by atoms with E-state index in [1.165, 1.54) is 17.9 Å². The Kier molecular flexibility index (Phi) is 5.99. The number of aromatic hydroxyl groups is 1. The third kappa shape index (κ3) is 3.52. The smallest absolute Gasteiger partial charge is 0.255 e. The van der Waals surface area contributed by atoms with E-state index in [-0.39, 0.29) is 29.7 Å². The molecule has 41 heavy (non-hydrogen) atoms. The standard InChI is InChI=1S/C30H31N3O8/c1-28-11-16-15(13-5-7-14(8-6-13)26(31)39)9-10-17(34)18(16)21(35)20(28)25(38)30(41)24(37)19(27(32)40)22(36)23(33(3)4)29(30,2)12-28/h5-10,23,34-35,37,41H,11-12H2,1-4H3,(H2,31,39)(H2,32,40)/t23-,28+,29+,30-/m1/s1. The number of hydrogen-bond donors (Lipinski definition) is 6. The number of benzene rings is 2. The molecule has 11 nitrogen and oxygen atoms in total. The van der Waals surface area contributed by atoms with Crippen molar-refractivity contribution in [1.29, 1.82) is 0 Å². The summed E-state index contributed by atoms with van der Waals surface area (Å²) in [6, 6.07) is 8.22. The van der Waals surface area contributed by atoms with Crippen LogP contribution in [0.4, 0.5) is 0 Å². The second-order valence-corrected chi connectivity index (χ2v) is 11.8. The minimum atomic E-state index is -2.78. The van der Waals surface area contributed by atoms with Gasteiger partial charge in [0.1, 0.15) is 22.8 Å². The Morgan fingerprint density at radius 3 is 2.10 bits per heavy atom. The van der Waals surface area contributed by atoms with E-state index < -0.39 is 62.9 Å². The van der Waals surface area contributed by atoms with E-state index in [0.29, 0.717) is 22.3 Å². The number of carbonyl (C=O) groups excluding carboxylic acids is 4. The molecule has 0 aliphatic heterocycles. The fourth-order valence-corrected chi connectivity index (χ4v) is 7.41. The predicted molar refractivity (Wildman–Crippen MR) is 147 cm³/mol. The number of phenolic OH excluding ortho intramolecular Hbond substituents is 1. The highest BCUT2D eigenvalue weighted by molar-refractivity contribution is 6.25. The van der Waals surface area contributed by atoms with E-state index >= 15 is 0 Å². The number of ketones is 2. The first-order valence-electron chi connectivity index (χ1n) is 12.9. The van der Waals surface area contributed by atoms with E-state index in [2.05, 4.69) is 0 Å². The quantitative estimate of drug-likeness (QED) is 0.299. The van der Waals surface area contributed by atoms with Gasteiger partial charge in [-0.05, 0) is 61.8 Å². The molecule has 2 aromatic carbocycles. The number of fused-ring (bicyclic) bond motifs is 3. The van der Waals surface area contributed by atoms with Gasteiger partial charge >= 0.3 is 0 Å². The fourth-order valence-electron chi connectivity index (χ4n) is 7.41. The van der Waals surface area contributed by atoms with Crippen molar-refractivity contribution in [2.45, 2.75) is 38.3 Å². The van der Waals surface area contributed by atoms with Gasteiger partial charge in [0.25, 0.3) is 5.91 Å². The zero-order valence-electron chi connectivity index (χ0n) is 23.0. The number of amides is 2. The summed E-state index contributed by atoms with van der Waals surface area (Å²) < 4.78 is 0. The maximum absolute atomic E-state index is 14.3. The summed E-state index contributed by atoms with van der Waals surface area (Å²) in [6.45, 7) is 3.19. The van der Waals surface area contributed by atoms with E-state index in [0.717, 1.165) is 0 Å². The highest BCUT2D eigenvalue weighted by Gasteiger charge is 2.72. The number of likely N-dealkylation sites (N-methyl/N-ethyl adjacent to an activating group) is 1. The van der Waals surface area contributed by atoms with Crippen molar-refractivity contribution < 1.29 is 39.6 Å². The molecule has 2 aromatic rings. The zero-order chi connectivity index (χ0) is 30.4. The van der Waals surface area contributed by atoms with Crippen molar-refractivity contribution in [3.63, 3.8) is 0 Å². The molecule has 214 valence electrons. The van der Waals surface area contributed by atoms with Gasteiger partial charge in [0.2, 0.25) is 11.7 Å². The number of aliphatic hydroxyl groups excluding tert-OH is 2. The average molecular weight is 562 g/mol. The Bertz CT molecular complexity index is 1640. The van der Waals surface area contributed by atoms with E-state index in [4.69, 9.17) is 11.5 Å². The molecule has 4 atom stereocenters. The number of nitrogens with two attached hydrogens (primary N) is 2. The zero-order valence-corrected chi connectivity index (χ0v) is 23.0. The predicted octanol–water partition coefficient (Wildman–Crippen LogP) is 1.51. The van der Waals surface area contributed by atoms with Gasteiger partial charge in [-0.15, -0.1) is 0 Å². The van der Waals surface area contributed by atoms with Gasteiger partial charge in [-0.2, -0.15) is 0 Å². The van der Waals surface area contributed by atoms with Crippen LogP contribution in [0, 0.1) is 10.8 Å². The summed E-state index contributed by atoms with van der Waals surface area (Å²) >= 11 is 0. The van der Waals surface area contributed by atoms with Crippen molar-refractivity contribution in [1.82, 2.24) is 4.90 Å². The van der Waals surface area contributed by atoms with E-state index in [9.17, 15) is 39.6 Å². The van der Waals surface area contributed by atoms with Gasteiger partial charge in [0.15, 0.2) is 11.4 Å².